The van der Waals surface area contributed by atoms with E-state index in [4.69, 9.17) is 14.6 Å². The fourth-order valence-corrected chi connectivity index (χ4v) is 1.35. The lowest BCUT2D eigenvalue weighted by molar-refractivity contribution is -0.217. The molecule has 0 aromatic rings. The van der Waals surface area contributed by atoms with Crippen LogP contribution in [0.5, 0.6) is 0 Å². The van der Waals surface area contributed by atoms with Crippen molar-refractivity contribution in [1.29, 1.82) is 0 Å². The predicted molar refractivity (Wildman–Crippen MR) is 47.1 cm³/mol. The molecule has 1 rings (SSSR count). The lowest BCUT2D eigenvalue weighted by Crippen LogP contribution is -2.38. The molecule has 1 saturated heterocycles. The first kappa shape index (κ1) is 10.7. The fourth-order valence-electron chi connectivity index (χ4n) is 1.35. The highest BCUT2D eigenvalue weighted by atomic mass is 16.7. The lowest BCUT2D eigenvalue weighted by atomic mass is 10.1. The van der Waals surface area contributed by atoms with Gasteiger partial charge in [-0.05, 0) is 0 Å². The van der Waals surface area contributed by atoms with E-state index in [1.807, 2.05) is 0 Å². The van der Waals surface area contributed by atoms with Crippen LogP contribution in [-0.4, -0.2) is 41.9 Å². The summed E-state index contributed by atoms with van der Waals surface area (Å²) >= 11 is 0. The maximum Gasteiger partial charge on any atom is 0.160 e. The molecule has 4 heteroatoms. The standard InChI is InChI=1S/C9H16O4/c1-2-3-12-9-5-7(11)4-8(6-10)13-9/h2,7-11H,1,3-6H2/t7-,8?,9?/m0/s1. The van der Waals surface area contributed by atoms with Gasteiger partial charge >= 0.3 is 0 Å². The van der Waals surface area contributed by atoms with Gasteiger partial charge in [0.15, 0.2) is 6.29 Å². The number of hydrogen-bond donors (Lipinski definition) is 2. The van der Waals surface area contributed by atoms with Crippen LogP contribution in [0.4, 0.5) is 0 Å². The molecule has 4 nitrogen and oxygen atoms in total. The second-order valence-corrected chi connectivity index (χ2v) is 3.12. The Kier molecular flexibility index (Phi) is 4.38. The molecule has 13 heavy (non-hydrogen) atoms. The van der Waals surface area contributed by atoms with Crippen molar-refractivity contribution < 1.29 is 19.7 Å². The molecule has 1 heterocycles. The summed E-state index contributed by atoms with van der Waals surface area (Å²) in [5.74, 6) is 0. The van der Waals surface area contributed by atoms with E-state index in [1.165, 1.54) is 0 Å². The molecule has 0 spiro atoms. The van der Waals surface area contributed by atoms with Crippen molar-refractivity contribution in [3.05, 3.63) is 12.7 Å². The number of aliphatic hydroxyl groups is 2. The third kappa shape index (κ3) is 3.44. The van der Waals surface area contributed by atoms with Crippen molar-refractivity contribution in [2.45, 2.75) is 31.3 Å². The third-order valence-electron chi connectivity index (χ3n) is 1.95. The molecular formula is C9H16O4. The van der Waals surface area contributed by atoms with Gasteiger partial charge in [-0.15, -0.1) is 6.58 Å². The zero-order chi connectivity index (χ0) is 9.68. The average Bonchev–Trinajstić information content (AvgIpc) is 2.14. The summed E-state index contributed by atoms with van der Waals surface area (Å²) < 4.78 is 10.6. The van der Waals surface area contributed by atoms with Gasteiger partial charge in [0, 0.05) is 12.8 Å². The van der Waals surface area contributed by atoms with Crippen LogP contribution in [0.1, 0.15) is 12.8 Å². The molecule has 76 valence electrons. The number of rotatable bonds is 4. The van der Waals surface area contributed by atoms with Crippen molar-refractivity contribution in [3.8, 4) is 0 Å². The van der Waals surface area contributed by atoms with Crippen molar-refractivity contribution in [2.24, 2.45) is 0 Å². The predicted octanol–water partition coefficient (Wildman–Crippen LogP) is 0.0473. The number of hydrogen-bond acceptors (Lipinski definition) is 4. The van der Waals surface area contributed by atoms with E-state index in [2.05, 4.69) is 6.58 Å². The van der Waals surface area contributed by atoms with Crippen LogP contribution in [0.3, 0.4) is 0 Å². The van der Waals surface area contributed by atoms with Gasteiger partial charge in [-0.25, -0.2) is 0 Å². The highest BCUT2D eigenvalue weighted by Gasteiger charge is 2.27. The van der Waals surface area contributed by atoms with Gasteiger partial charge in [0.1, 0.15) is 0 Å². The highest BCUT2D eigenvalue weighted by Crippen LogP contribution is 2.20. The molecule has 0 amide bonds. The Labute approximate surface area is 77.8 Å². The first-order valence-corrected chi connectivity index (χ1v) is 4.43. The van der Waals surface area contributed by atoms with E-state index in [-0.39, 0.29) is 12.7 Å². The van der Waals surface area contributed by atoms with E-state index >= 15 is 0 Å². The van der Waals surface area contributed by atoms with Crippen LogP contribution in [0.15, 0.2) is 12.7 Å². The molecule has 0 radical (unpaired) electrons. The quantitative estimate of drug-likeness (QED) is 0.612. The monoisotopic (exact) mass is 188 g/mol. The fraction of sp³-hybridized carbons (Fsp3) is 0.778. The minimum Gasteiger partial charge on any atom is -0.394 e. The Morgan fingerprint density at radius 3 is 2.92 bits per heavy atom. The average molecular weight is 188 g/mol. The number of aliphatic hydroxyl groups excluding tert-OH is 2. The third-order valence-corrected chi connectivity index (χ3v) is 1.95. The van der Waals surface area contributed by atoms with Crippen molar-refractivity contribution in [1.82, 2.24) is 0 Å². The van der Waals surface area contributed by atoms with Crippen LogP contribution in [0, 0.1) is 0 Å². The minimum absolute atomic E-state index is 0.0784. The Hall–Kier alpha value is -0.420. The topological polar surface area (TPSA) is 58.9 Å². The molecule has 0 aromatic heterocycles. The van der Waals surface area contributed by atoms with Gasteiger partial charge < -0.3 is 19.7 Å². The van der Waals surface area contributed by atoms with Gasteiger partial charge in [0.2, 0.25) is 0 Å². The Morgan fingerprint density at radius 2 is 2.31 bits per heavy atom. The van der Waals surface area contributed by atoms with Gasteiger partial charge in [0.05, 0.1) is 25.4 Å². The van der Waals surface area contributed by atoms with Crippen molar-refractivity contribution in [2.75, 3.05) is 13.2 Å². The molecule has 1 aliphatic heterocycles. The molecule has 1 aliphatic rings. The molecule has 0 saturated carbocycles. The summed E-state index contributed by atoms with van der Waals surface area (Å²) in [5, 5.41) is 18.2. The largest absolute Gasteiger partial charge is 0.394 e. The molecule has 0 aromatic carbocycles. The van der Waals surface area contributed by atoms with Crippen molar-refractivity contribution in [3.63, 3.8) is 0 Å². The second kappa shape index (κ2) is 5.34. The number of ether oxygens (including phenoxy) is 2. The van der Waals surface area contributed by atoms with E-state index in [9.17, 15) is 5.11 Å². The Balaban J connectivity index is 2.33. The van der Waals surface area contributed by atoms with Crippen LogP contribution in [0.25, 0.3) is 0 Å². The SMILES string of the molecule is C=CCOC1C[C@@H](O)CC(CO)O1. The summed E-state index contributed by atoms with van der Waals surface area (Å²) in [6.45, 7) is 3.83. The highest BCUT2D eigenvalue weighted by molar-refractivity contribution is 4.73. The van der Waals surface area contributed by atoms with Gasteiger partial charge in [-0.1, -0.05) is 6.08 Å². The van der Waals surface area contributed by atoms with Gasteiger partial charge in [-0.2, -0.15) is 0 Å². The molecule has 1 fully saturated rings. The van der Waals surface area contributed by atoms with E-state index < -0.39 is 12.4 Å². The first-order chi connectivity index (χ1) is 6.26. The zero-order valence-corrected chi connectivity index (χ0v) is 7.56. The summed E-state index contributed by atoms with van der Waals surface area (Å²) in [6.07, 6.45) is 1.39. The minimum atomic E-state index is -0.444. The molecule has 0 aliphatic carbocycles. The maximum absolute atomic E-state index is 9.38. The van der Waals surface area contributed by atoms with E-state index in [0.29, 0.717) is 19.4 Å². The molecule has 2 N–H and O–H groups in total. The van der Waals surface area contributed by atoms with Crippen LogP contribution >= 0.6 is 0 Å². The van der Waals surface area contributed by atoms with E-state index in [0.717, 1.165) is 0 Å². The van der Waals surface area contributed by atoms with Gasteiger partial charge in [0.25, 0.3) is 0 Å². The van der Waals surface area contributed by atoms with Crippen LogP contribution in [-0.2, 0) is 9.47 Å². The summed E-state index contributed by atoms with van der Waals surface area (Å²) in [5.41, 5.74) is 0. The smallest absolute Gasteiger partial charge is 0.160 e. The van der Waals surface area contributed by atoms with Crippen molar-refractivity contribution >= 4 is 0 Å². The second-order valence-electron chi connectivity index (χ2n) is 3.12. The first-order valence-electron chi connectivity index (χ1n) is 4.43. The Bertz CT molecular complexity index is 160. The lowest BCUT2D eigenvalue weighted by Gasteiger charge is -2.31. The normalized spacial score (nSPS) is 34.5. The van der Waals surface area contributed by atoms with Gasteiger partial charge in [-0.3, -0.25) is 0 Å². The molecule has 0 bridgehead atoms. The Morgan fingerprint density at radius 1 is 1.54 bits per heavy atom. The summed E-state index contributed by atoms with van der Waals surface area (Å²) in [6, 6.07) is 0. The molecular weight excluding hydrogens is 172 g/mol. The molecule has 2 unspecified atom stereocenters. The summed E-state index contributed by atoms with van der Waals surface area (Å²) in [7, 11) is 0. The van der Waals surface area contributed by atoms with E-state index in [1.54, 1.807) is 6.08 Å². The van der Waals surface area contributed by atoms with Crippen LogP contribution in [0.2, 0.25) is 0 Å². The molecule has 3 atom stereocenters. The van der Waals surface area contributed by atoms with Crippen LogP contribution < -0.4 is 0 Å². The maximum atomic E-state index is 9.38. The zero-order valence-electron chi connectivity index (χ0n) is 7.56. The summed E-state index contributed by atoms with van der Waals surface area (Å²) in [4.78, 5) is 0.